The van der Waals surface area contributed by atoms with Crippen LogP contribution in [0.25, 0.3) is 0 Å². The van der Waals surface area contributed by atoms with Crippen molar-refractivity contribution in [2.75, 3.05) is 0 Å². The number of aromatic nitrogens is 2. The van der Waals surface area contributed by atoms with Crippen molar-refractivity contribution in [2.24, 2.45) is 11.8 Å². The van der Waals surface area contributed by atoms with Gasteiger partial charge >= 0.3 is 0 Å². The average molecular weight is 245 g/mol. The number of aromatic amines is 1. The quantitative estimate of drug-likeness (QED) is 0.857. The first-order valence-electron chi connectivity index (χ1n) is 7.17. The molecule has 2 N–H and O–H groups in total. The molecular weight excluding hydrogens is 226 g/mol. The lowest BCUT2D eigenvalue weighted by Crippen LogP contribution is -2.36. The number of hydrogen-bond donors (Lipinski definition) is 2. The van der Waals surface area contributed by atoms with E-state index in [2.05, 4.69) is 15.5 Å². The molecule has 0 aromatic carbocycles. The number of hydrogen-bond acceptors (Lipinski definition) is 2. The Labute approximate surface area is 107 Å². The van der Waals surface area contributed by atoms with Crippen molar-refractivity contribution in [2.45, 2.75) is 50.5 Å². The van der Waals surface area contributed by atoms with Crippen LogP contribution in [0.5, 0.6) is 0 Å². The van der Waals surface area contributed by atoms with Gasteiger partial charge in [0.2, 0.25) is 0 Å². The highest BCUT2D eigenvalue weighted by Gasteiger charge is 2.48. The number of amides is 1. The van der Waals surface area contributed by atoms with E-state index in [-0.39, 0.29) is 5.91 Å². The Kier molecular flexibility index (Phi) is 2.26. The number of H-pyrrole nitrogens is 1. The second-order valence-electron chi connectivity index (χ2n) is 6.15. The van der Waals surface area contributed by atoms with Gasteiger partial charge in [-0.3, -0.25) is 9.89 Å². The first kappa shape index (κ1) is 10.6. The van der Waals surface area contributed by atoms with E-state index in [1.165, 1.54) is 32.1 Å². The van der Waals surface area contributed by atoms with Crippen LogP contribution in [0.2, 0.25) is 0 Å². The molecule has 0 spiro atoms. The van der Waals surface area contributed by atoms with E-state index in [1.54, 1.807) is 0 Å². The molecule has 4 rings (SSSR count). The lowest BCUT2D eigenvalue weighted by atomic mass is 9.80. The second kappa shape index (κ2) is 3.84. The fourth-order valence-electron chi connectivity index (χ4n) is 3.63. The Morgan fingerprint density at radius 1 is 1.33 bits per heavy atom. The average Bonchev–Trinajstić information content (AvgIpc) is 2.74. The molecule has 0 aliphatic heterocycles. The first-order valence-corrected chi connectivity index (χ1v) is 7.17. The van der Waals surface area contributed by atoms with Crippen molar-refractivity contribution in [3.05, 3.63) is 17.5 Å². The van der Waals surface area contributed by atoms with E-state index in [0.29, 0.717) is 17.7 Å². The van der Waals surface area contributed by atoms with E-state index in [4.69, 9.17) is 0 Å². The molecule has 0 radical (unpaired) electrons. The molecular formula is C14H19N3O. The lowest BCUT2D eigenvalue weighted by molar-refractivity contribution is 0.0926. The molecule has 0 saturated heterocycles. The van der Waals surface area contributed by atoms with Crippen LogP contribution in [0.3, 0.4) is 0 Å². The molecule has 18 heavy (non-hydrogen) atoms. The van der Waals surface area contributed by atoms with E-state index >= 15 is 0 Å². The highest BCUT2D eigenvalue weighted by molar-refractivity contribution is 5.94. The van der Waals surface area contributed by atoms with Crippen molar-refractivity contribution in [3.8, 4) is 0 Å². The van der Waals surface area contributed by atoms with Gasteiger partial charge in [-0.1, -0.05) is 6.42 Å². The summed E-state index contributed by atoms with van der Waals surface area (Å²) < 4.78 is 0. The highest BCUT2D eigenvalue weighted by atomic mass is 16.2. The second-order valence-corrected chi connectivity index (χ2v) is 6.15. The molecule has 0 bridgehead atoms. The van der Waals surface area contributed by atoms with Crippen molar-refractivity contribution in [1.29, 1.82) is 0 Å². The molecule has 1 heterocycles. The summed E-state index contributed by atoms with van der Waals surface area (Å²) in [7, 11) is 0. The third kappa shape index (κ3) is 1.58. The van der Waals surface area contributed by atoms with Crippen LogP contribution in [-0.2, 0) is 0 Å². The van der Waals surface area contributed by atoms with Crippen LogP contribution in [0.4, 0.5) is 0 Å². The molecule has 4 heteroatoms. The predicted molar refractivity (Wildman–Crippen MR) is 67.3 cm³/mol. The standard InChI is InChI=1S/C14H19N3O/c18-14(16-12-5-4-9-6-10(9)12)13-11(7-15-17-13)8-2-1-3-8/h7-10,12H,1-6H2,(H,15,17)(H,16,18). The fraction of sp³-hybridized carbons (Fsp3) is 0.714. The molecule has 96 valence electrons. The zero-order chi connectivity index (χ0) is 12.1. The third-order valence-corrected chi connectivity index (χ3v) is 5.10. The Bertz CT molecular complexity index is 477. The van der Waals surface area contributed by atoms with Crippen LogP contribution in [0.15, 0.2) is 6.20 Å². The van der Waals surface area contributed by atoms with Crippen molar-refractivity contribution >= 4 is 5.91 Å². The summed E-state index contributed by atoms with van der Waals surface area (Å²) >= 11 is 0. The van der Waals surface area contributed by atoms with Gasteiger partial charge in [-0.15, -0.1) is 0 Å². The van der Waals surface area contributed by atoms with Gasteiger partial charge in [-0.2, -0.15) is 5.10 Å². The summed E-state index contributed by atoms with van der Waals surface area (Å²) in [5.41, 5.74) is 1.84. The van der Waals surface area contributed by atoms with Gasteiger partial charge in [-0.25, -0.2) is 0 Å². The molecule has 4 nitrogen and oxygen atoms in total. The zero-order valence-corrected chi connectivity index (χ0v) is 10.5. The molecule has 3 atom stereocenters. The van der Waals surface area contributed by atoms with Gasteiger partial charge in [0.05, 0.1) is 6.20 Å². The molecule has 1 aromatic heterocycles. The van der Waals surface area contributed by atoms with E-state index < -0.39 is 0 Å². The van der Waals surface area contributed by atoms with Gasteiger partial charge in [0, 0.05) is 11.6 Å². The van der Waals surface area contributed by atoms with Gasteiger partial charge in [0.25, 0.3) is 5.91 Å². The van der Waals surface area contributed by atoms with Gasteiger partial charge in [-0.05, 0) is 49.9 Å². The Morgan fingerprint density at radius 3 is 2.83 bits per heavy atom. The summed E-state index contributed by atoms with van der Waals surface area (Å²) in [5, 5.41) is 10.2. The highest BCUT2D eigenvalue weighted by Crippen LogP contribution is 2.51. The summed E-state index contributed by atoms with van der Waals surface area (Å²) in [4.78, 5) is 12.3. The molecule has 3 aliphatic rings. The maximum Gasteiger partial charge on any atom is 0.269 e. The maximum atomic E-state index is 12.3. The van der Waals surface area contributed by atoms with Crippen LogP contribution < -0.4 is 5.32 Å². The van der Waals surface area contributed by atoms with Crippen molar-refractivity contribution in [3.63, 3.8) is 0 Å². The van der Waals surface area contributed by atoms with E-state index in [1.807, 2.05) is 6.20 Å². The molecule has 3 aliphatic carbocycles. The third-order valence-electron chi connectivity index (χ3n) is 5.10. The Hall–Kier alpha value is -1.32. The molecule has 3 fully saturated rings. The molecule has 3 saturated carbocycles. The minimum absolute atomic E-state index is 0.0620. The minimum atomic E-state index is 0.0620. The van der Waals surface area contributed by atoms with Crippen LogP contribution >= 0.6 is 0 Å². The smallest absolute Gasteiger partial charge is 0.269 e. The number of fused-ring (bicyclic) bond motifs is 1. The van der Waals surface area contributed by atoms with E-state index in [0.717, 1.165) is 23.8 Å². The Morgan fingerprint density at radius 2 is 2.22 bits per heavy atom. The lowest BCUT2D eigenvalue weighted by Gasteiger charge is -2.25. The van der Waals surface area contributed by atoms with E-state index in [9.17, 15) is 4.79 Å². The van der Waals surface area contributed by atoms with Crippen molar-refractivity contribution in [1.82, 2.24) is 15.5 Å². The number of rotatable bonds is 3. The maximum absolute atomic E-state index is 12.3. The first-order chi connectivity index (χ1) is 8.83. The number of carbonyl (C=O) groups excluding carboxylic acids is 1. The minimum Gasteiger partial charge on any atom is -0.348 e. The van der Waals surface area contributed by atoms with Crippen LogP contribution in [0, 0.1) is 11.8 Å². The summed E-state index contributed by atoms with van der Waals surface area (Å²) in [6.45, 7) is 0. The largest absolute Gasteiger partial charge is 0.348 e. The number of nitrogens with zero attached hydrogens (tertiary/aromatic N) is 1. The van der Waals surface area contributed by atoms with Gasteiger partial charge in [0.1, 0.15) is 5.69 Å². The van der Waals surface area contributed by atoms with Gasteiger partial charge < -0.3 is 5.32 Å². The monoisotopic (exact) mass is 245 g/mol. The summed E-state index contributed by atoms with van der Waals surface area (Å²) in [6.07, 6.45) is 9.31. The van der Waals surface area contributed by atoms with Crippen molar-refractivity contribution < 1.29 is 4.79 Å². The SMILES string of the molecule is O=C(NC1CCC2CC21)c1[nH]ncc1C1CCC1. The van der Waals surface area contributed by atoms with Crippen LogP contribution in [0.1, 0.15) is 60.5 Å². The molecule has 1 amide bonds. The van der Waals surface area contributed by atoms with Crippen LogP contribution in [-0.4, -0.2) is 22.1 Å². The number of carbonyl (C=O) groups is 1. The summed E-state index contributed by atoms with van der Waals surface area (Å²) in [6, 6.07) is 0.417. The molecule has 3 unspecified atom stereocenters. The predicted octanol–water partition coefficient (Wildman–Crippen LogP) is 2.21. The molecule has 1 aromatic rings. The normalized spacial score (nSPS) is 33.9. The topological polar surface area (TPSA) is 57.8 Å². The Balaban J connectivity index is 1.48. The fourth-order valence-corrected chi connectivity index (χ4v) is 3.63. The zero-order valence-electron chi connectivity index (χ0n) is 10.5. The van der Waals surface area contributed by atoms with Gasteiger partial charge in [0.15, 0.2) is 0 Å². The summed E-state index contributed by atoms with van der Waals surface area (Å²) in [5.74, 6) is 2.29. The number of nitrogens with one attached hydrogen (secondary N) is 2.